The highest BCUT2D eigenvalue weighted by Gasteiger charge is 2.28. The lowest BCUT2D eigenvalue weighted by Gasteiger charge is -2.18. The Labute approximate surface area is 271 Å². The van der Waals surface area contributed by atoms with E-state index in [0.29, 0.717) is 47.3 Å². The van der Waals surface area contributed by atoms with Crippen molar-refractivity contribution in [2.75, 3.05) is 18.4 Å². The van der Waals surface area contributed by atoms with Crippen LogP contribution in [0.15, 0.2) is 78.0 Å². The summed E-state index contributed by atoms with van der Waals surface area (Å²) in [5.74, 6) is -2.35. The van der Waals surface area contributed by atoms with Crippen LogP contribution in [0.1, 0.15) is 53.0 Å². The Kier molecular flexibility index (Phi) is 8.29. The Balaban J connectivity index is 1.48. The zero-order valence-corrected chi connectivity index (χ0v) is 27.0. The van der Waals surface area contributed by atoms with Crippen LogP contribution >= 0.6 is 0 Å². The lowest BCUT2D eigenvalue weighted by molar-refractivity contribution is 0.0780. The van der Waals surface area contributed by atoms with Gasteiger partial charge < -0.3 is 15.7 Å². The maximum atomic E-state index is 15.2. The van der Waals surface area contributed by atoms with Gasteiger partial charge in [0.1, 0.15) is 18.0 Å². The van der Waals surface area contributed by atoms with Crippen molar-refractivity contribution in [1.82, 2.24) is 19.3 Å². The second kappa shape index (κ2) is 12.1. The summed E-state index contributed by atoms with van der Waals surface area (Å²) in [5, 5.41) is 16.4. The minimum Gasteiger partial charge on any atom is -0.386 e. The van der Waals surface area contributed by atoms with Crippen molar-refractivity contribution in [3.05, 3.63) is 113 Å². The molecule has 2 aromatic heterocycles. The second-order valence-corrected chi connectivity index (χ2v) is 13.9. The minimum absolute atomic E-state index is 0.0794. The number of amides is 1. The standard InChI is InChI=1S/C35H33F2N5O4S/c1-20-5-8-25(9-6-20)47(45,46)42-31(22-11-13-38-14-12-22)18-28-32(39-19-40-33(28)42)27-16-24(36)17-30(21(27)2)41-34(43)26-10-7-23(15-29(26)37)35(3,4)44/h5-11,15-19,38,44H,12-14H2,1-4H3,(H,41,43). The summed E-state index contributed by atoms with van der Waals surface area (Å²) in [6.45, 7) is 7.75. The molecule has 0 spiro atoms. The molecule has 0 atom stereocenters. The zero-order chi connectivity index (χ0) is 33.7. The number of hydrogen-bond acceptors (Lipinski definition) is 7. The zero-order valence-electron chi connectivity index (χ0n) is 26.2. The SMILES string of the molecule is Cc1ccc(S(=O)(=O)n2c(C3=CCNCC3)cc3c(-c4cc(F)cc(NC(=O)c5ccc(C(C)(C)O)cc5F)c4C)ncnc32)cc1. The van der Waals surface area contributed by atoms with Gasteiger partial charge in [0.25, 0.3) is 15.9 Å². The van der Waals surface area contributed by atoms with E-state index in [1.54, 1.807) is 37.3 Å². The molecular formula is C35H33F2N5O4S. The molecule has 1 amide bonds. The van der Waals surface area contributed by atoms with Gasteiger partial charge in [-0.15, -0.1) is 0 Å². The van der Waals surface area contributed by atoms with E-state index in [-0.39, 0.29) is 27.5 Å². The van der Waals surface area contributed by atoms with Gasteiger partial charge in [-0.25, -0.2) is 31.1 Å². The van der Waals surface area contributed by atoms with E-state index in [4.69, 9.17) is 0 Å². The Morgan fingerprint density at radius 2 is 1.77 bits per heavy atom. The number of nitrogens with zero attached hydrogens (tertiary/aromatic N) is 3. The van der Waals surface area contributed by atoms with Gasteiger partial charge in [0, 0.05) is 23.2 Å². The fourth-order valence-electron chi connectivity index (χ4n) is 5.67. The number of carbonyl (C=O) groups is 1. The number of rotatable bonds is 7. The third-order valence-corrected chi connectivity index (χ3v) is 10.0. The summed E-state index contributed by atoms with van der Waals surface area (Å²) in [4.78, 5) is 22.1. The molecule has 0 radical (unpaired) electrons. The molecule has 47 heavy (non-hydrogen) atoms. The molecule has 0 bridgehead atoms. The van der Waals surface area contributed by atoms with Crippen molar-refractivity contribution in [2.45, 2.75) is 44.6 Å². The first-order valence-electron chi connectivity index (χ1n) is 15.0. The predicted molar refractivity (Wildman–Crippen MR) is 176 cm³/mol. The first kappa shape index (κ1) is 32.2. The van der Waals surface area contributed by atoms with Crippen LogP contribution in [0.3, 0.4) is 0 Å². The van der Waals surface area contributed by atoms with Crippen LogP contribution in [0.4, 0.5) is 14.5 Å². The van der Waals surface area contributed by atoms with Crippen LogP contribution in [0.5, 0.6) is 0 Å². The van der Waals surface area contributed by atoms with Crippen LogP contribution in [0, 0.1) is 25.5 Å². The van der Waals surface area contributed by atoms with E-state index in [1.807, 2.05) is 13.0 Å². The molecule has 0 aliphatic carbocycles. The largest absolute Gasteiger partial charge is 0.386 e. The van der Waals surface area contributed by atoms with E-state index >= 15 is 4.39 Å². The maximum Gasteiger partial charge on any atom is 0.269 e. The number of anilines is 1. The van der Waals surface area contributed by atoms with Crippen molar-refractivity contribution in [3.8, 4) is 11.3 Å². The molecule has 0 fully saturated rings. The summed E-state index contributed by atoms with van der Waals surface area (Å²) >= 11 is 0. The van der Waals surface area contributed by atoms with Crippen LogP contribution in [0.2, 0.25) is 0 Å². The average molecular weight is 658 g/mol. The van der Waals surface area contributed by atoms with Crippen molar-refractivity contribution >= 4 is 38.2 Å². The van der Waals surface area contributed by atoms with Gasteiger partial charge >= 0.3 is 0 Å². The van der Waals surface area contributed by atoms with E-state index in [9.17, 15) is 22.7 Å². The van der Waals surface area contributed by atoms with E-state index < -0.39 is 33.2 Å². The Morgan fingerprint density at radius 1 is 1.02 bits per heavy atom. The number of hydrogen-bond donors (Lipinski definition) is 3. The molecule has 6 rings (SSSR count). The van der Waals surface area contributed by atoms with Crippen molar-refractivity contribution < 1.29 is 27.1 Å². The summed E-state index contributed by atoms with van der Waals surface area (Å²) < 4.78 is 59.7. The number of aliphatic hydroxyl groups is 1. The second-order valence-electron chi connectivity index (χ2n) is 12.1. The molecule has 0 saturated heterocycles. The van der Waals surface area contributed by atoms with Gasteiger partial charge in [-0.3, -0.25) is 4.79 Å². The van der Waals surface area contributed by atoms with Crippen molar-refractivity contribution in [2.24, 2.45) is 0 Å². The average Bonchev–Trinajstić information content (AvgIpc) is 3.44. The third-order valence-electron chi connectivity index (χ3n) is 8.30. The topological polar surface area (TPSA) is 126 Å². The lowest BCUT2D eigenvalue weighted by Crippen LogP contribution is -2.22. The molecule has 242 valence electrons. The third kappa shape index (κ3) is 6.07. The highest BCUT2D eigenvalue weighted by atomic mass is 32.2. The van der Waals surface area contributed by atoms with Crippen molar-refractivity contribution in [3.63, 3.8) is 0 Å². The maximum absolute atomic E-state index is 15.2. The Morgan fingerprint density at radius 3 is 2.43 bits per heavy atom. The number of aromatic nitrogens is 3. The Hall–Kier alpha value is -4.78. The molecule has 0 saturated carbocycles. The minimum atomic E-state index is -4.12. The highest BCUT2D eigenvalue weighted by Crippen LogP contribution is 2.38. The van der Waals surface area contributed by atoms with Crippen LogP contribution in [0.25, 0.3) is 27.9 Å². The highest BCUT2D eigenvalue weighted by molar-refractivity contribution is 7.90. The molecule has 0 unspecified atom stereocenters. The quantitative estimate of drug-likeness (QED) is 0.194. The molecule has 3 heterocycles. The van der Waals surface area contributed by atoms with Gasteiger partial charge in [0.05, 0.1) is 27.4 Å². The first-order chi connectivity index (χ1) is 22.3. The normalized spacial score (nSPS) is 13.9. The Bertz CT molecular complexity index is 2190. The van der Waals surface area contributed by atoms with E-state index in [1.165, 1.54) is 42.3 Å². The predicted octanol–water partition coefficient (Wildman–Crippen LogP) is 6.09. The summed E-state index contributed by atoms with van der Waals surface area (Å²) in [5.41, 5.74) is 2.01. The van der Waals surface area contributed by atoms with E-state index in [0.717, 1.165) is 23.3 Å². The number of benzene rings is 3. The van der Waals surface area contributed by atoms with Gasteiger partial charge in [-0.2, -0.15) is 0 Å². The van der Waals surface area contributed by atoms with Crippen molar-refractivity contribution in [1.29, 1.82) is 0 Å². The number of carbonyl (C=O) groups excluding carboxylic acids is 1. The summed E-state index contributed by atoms with van der Waals surface area (Å²) in [6.07, 6.45) is 3.73. The molecule has 12 heteroatoms. The fraction of sp³-hybridized carbons (Fsp3) is 0.229. The van der Waals surface area contributed by atoms with Gasteiger partial charge in [-0.1, -0.05) is 29.8 Å². The van der Waals surface area contributed by atoms with Gasteiger partial charge in [-0.05, 0) is 99.8 Å². The van der Waals surface area contributed by atoms with Gasteiger partial charge in [0.15, 0.2) is 5.65 Å². The summed E-state index contributed by atoms with van der Waals surface area (Å²) in [7, 11) is -4.12. The number of nitrogens with one attached hydrogen (secondary N) is 2. The monoisotopic (exact) mass is 657 g/mol. The van der Waals surface area contributed by atoms with Gasteiger partial charge in [0.2, 0.25) is 0 Å². The molecule has 9 nitrogen and oxygen atoms in total. The lowest BCUT2D eigenvalue weighted by atomic mass is 9.96. The van der Waals surface area contributed by atoms with Crippen LogP contribution in [-0.4, -0.2) is 46.5 Å². The molecule has 3 N–H and O–H groups in total. The number of halogens is 2. The van der Waals surface area contributed by atoms with Crippen LogP contribution in [-0.2, 0) is 15.6 Å². The molecule has 1 aliphatic heterocycles. The number of fused-ring (bicyclic) bond motifs is 1. The molecule has 1 aliphatic rings. The fourth-order valence-corrected chi connectivity index (χ4v) is 7.16. The molecule has 5 aromatic rings. The van der Waals surface area contributed by atoms with Crippen LogP contribution < -0.4 is 10.6 Å². The number of aryl methyl sites for hydroxylation is 1. The molecule has 3 aromatic carbocycles. The summed E-state index contributed by atoms with van der Waals surface area (Å²) in [6, 6.07) is 14.4. The molecular weight excluding hydrogens is 624 g/mol. The first-order valence-corrected chi connectivity index (χ1v) is 16.4. The van der Waals surface area contributed by atoms with E-state index in [2.05, 4.69) is 20.6 Å². The smallest absolute Gasteiger partial charge is 0.269 e.